The quantitative estimate of drug-likeness (QED) is 0.917. The largest absolute Gasteiger partial charge is 0.392 e. The Hall–Kier alpha value is -0.480. The highest BCUT2D eigenvalue weighted by atomic mass is 32.2. The fourth-order valence-corrected chi connectivity index (χ4v) is 4.02. The van der Waals surface area contributed by atoms with Crippen LogP contribution in [-0.2, 0) is 6.54 Å². The van der Waals surface area contributed by atoms with Crippen LogP contribution in [0.25, 0.3) is 0 Å². The van der Waals surface area contributed by atoms with E-state index in [4.69, 9.17) is 4.98 Å². The topological polar surface area (TPSA) is 38.1 Å². The van der Waals surface area contributed by atoms with Gasteiger partial charge in [0.05, 0.1) is 11.8 Å². The van der Waals surface area contributed by atoms with E-state index in [2.05, 4.69) is 32.3 Å². The molecule has 19 heavy (non-hydrogen) atoms. The Balaban J connectivity index is 2.16. The van der Waals surface area contributed by atoms with Gasteiger partial charge in [0.25, 0.3) is 0 Å². The number of thioether (sulfide) groups is 1. The number of hydrogen-bond acceptors (Lipinski definition) is 3. The van der Waals surface area contributed by atoms with Crippen molar-refractivity contribution in [2.75, 3.05) is 0 Å². The average molecular weight is 282 g/mol. The van der Waals surface area contributed by atoms with E-state index in [1.807, 2.05) is 0 Å². The minimum atomic E-state index is -0.163. The van der Waals surface area contributed by atoms with Gasteiger partial charge in [0.1, 0.15) is 0 Å². The van der Waals surface area contributed by atoms with Crippen molar-refractivity contribution in [1.29, 1.82) is 0 Å². The van der Waals surface area contributed by atoms with Gasteiger partial charge in [-0.1, -0.05) is 38.5 Å². The summed E-state index contributed by atoms with van der Waals surface area (Å²) >= 11 is 1.78. The fraction of sp³-hybridized carbons (Fsp3) is 0.800. The molecule has 0 spiro atoms. The van der Waals surface area contributed by atoms with E-state index >= 15 is 0 Å². The Morgan fingerprint density at radius 2 is 2.00 bits per heavy atom. The summed E-state index contributed by atoms with van der Waals surface area (Å²) in [4.78, 5) is 4.71. The van der Waals surface area contributed by atoms with Crippen LogP contribution in [0.15, 0.2) is 5.16 Å². The van der Waals surface area contributed by atoms with Crippen molar-refractivity contribution in [3.8, 4) is 0 Å². The molecule has 1 aliphatic rings. The zero-order valence-electron chi connectivity index (χ0n) is 12.5. The van der Waals surface area contributed by atoms with E-state index < -0.39 is 0 Å². The first-order valence-electron chi connectivity index (χ1n) is 7.37. The molecule has 0 aromatic carbocycles. The predicted molar refractivity (Wildman–Crippen MR) is 80.7 cm³/mol. The van der Waals surface area contributed by atoms with Crippen LogP contribution in [0.4, 0.5) is 0 Å². The summed E-state index contributed by atoms with van der Waals surface area (Å²) in [6.07, 6.45) is 4.29. The van der Waals surface area contributed by atoms with Crippen molar-refractivity contribution in [3.63, 3.8) is 0 Å². The Kier molecular flexibility index (Phi) is 4.96. The summed E-state index contributed by atoms with van der Waals surface area (Å²) in [6.45, 7) is 9.70. The molecule has 4 heteroatoms. The molecule has 0 saturated heterocycles. The fourth-order valence-electron chi connectivity index (χ4n) is 2.64. The average Bonchev–Trinajstić information content (AvgIpc) is 2.60. The number of rotatable bonds is 4. The number of aryl methyl sites for hydroxylation is 1. The molecule has 108 valence electrons. The number of nitrogens with zero attached hydrogens (tertiary/aromatic N) is 2. The van der Waals surface area contributed by atoms with Crippen molar-refractivity contribution in [2.24, 2.45) is 5.92 Å². The molecule has 0 aliphatic heterocycles. The Morgan fingerprint density at radius 1 is 1.32 bits per heavy atom. The van der Waals surface area contributed by atoms with Crippen molar-refractivity contribution < 1.29 is 5.11 Å². The molecule has 1 fully saturated rings. The SMILES string of the molecule is Cc1nc(SC2CCCCC2O)n(CC(C)C)c1C. The van der Waals surface area contributed by atoms with Gasteiger partial charge in [-0.15, -0.1) is 0 Å². The van der Waals surface area contributed by atoms with E-state index in [1.165, 1.54) is 12.1 Å². The van der Waals surface area contributed by atoms with Crippen molar-refractivity contribution in [1.82, 2.24) is 9.55 Å². The zero-order valence-corrected chi connectivity index (χ0v) is 13.3. The van der Waals surface area contributed by atoms with Crippen LogP contribution in [0.5, 0.6) is 0 Å². The Bertz CT molecular complexity index is 428. The van der Waals surface area contributed by atoms with E-state index in [0.29, 0.717) is 11.2 Å². The zero-order chi connectivity index (χ0) is 14.0. The summed E-state index contributed by atoms with van der Waals surface area (Å²) in [5.41, 5.74) is 2.38. The lowest BCUT2D eigenvalue weighted by Crippen LogP contribution is -2.27. The van der Waals surface area contributed by atoms with E-state index in [1.54, 1.807) is 11.8 Å². The van der Waals surface area contributed by atoms with Gasteiger partial charge in [-0.3, -0.25) is 0 Å². The van der Waals surface area contributed by atoms with Gasteiger partial charge in [0.2, 0.25) is 0 Å². The minimum Gasteiger partial charge on any atom is -0.392 e. The normalized spacial score (nSPS) is 24.1. The van der Waals surface area contributed by atoms with Crippen LogP contribution in [0.3, 0.4) is 0 Å². The van der Waals surface area contributed by atoms with Crippen LogP contribution in [0.1, 0.15) is 50.9 Å². The number of aliphatic hydroxyl groups excluding tert-OH is 1. The number of aromatic nitrogens is 2. The third-order valence-corrected chi connectivity index (χ3v) is 5.27. The second-order valence-electron chi connectivity index (χ2n) is 6.08. The van der Waals surface area contributed by atoms with Crippen molar-refractivity contribution in [2.45, 2.75) is 76.4 Å². The number of aliphatic hydroxyl groups is 1. The maximum atomic E-state index is 10.1. The first-order valence-corrected chi connectivity index (χ1v) is 8.25. The summed E-state index contributed by atoms with van der Waals surface area (Å²) in [6, 6.07) is 0. The molecule has 1 aromatic rings. The highest BCUT2D eigenvalue weighted by Crippen LogP contribution is 2.34. The summed E-state index contributed by atoms with van der Waals surface area (Å²) in [7, 11) is 0. The van der Waals surface area contributed by atoms with Crippen LogP contribution >= 0.6 is 11.8 Å². The van der Waals surface area contributed by atoms with Gasteiger partial charge < -0.3 is 9.67 Å². The van der Waals surface area contributed by atoms with Gasteiger partial charge in [0.15, 0.2) is 5.16 Å². The predicted octanol–water partition coefficient (Wildman–Crippen LogP) is 3.55. The summed E-state index contributed by atoms with van der Waals surface area (Å²) in [5, 5.41) is 11.5. The lowest BCUT2D eigenvalue weighted by Gasteiger charge is -2.27. The molecular weight excluding hydrogens is 256 g/mol. The minimum absolute atomic E-state index is 0.163. The molecule has 1 saturated carbocycles. The van der Waals surface area contributed by atoms with Gasteiger partial charge in [0, 0.05) is 17.5 Å². The van der Waals surface area contributed by atoms with Crippen LogP contribution in [0, 0.1) is 19.8 Å². The molecule has 2 rings (SSSR count). The third kappa shape index (κ3) is 3.54. The summed E-state index contributed by atoms with van der Waals surface area (Å²) in [5.74, 6) is 0.614. The van der Waals surface area contributed by atoms with Crippen LogP contribution in [-0.4, -0.2) is 26.0 Å². The third-order valence-electron chi connectivity index (χ3n) is 3.89. The van der Waals surface area contributed by atoms with Crippen molar-refractivity contribution in [3.05, 3.63) is 11.4 Å². The Morgan fingerprint density at radius 3 is 2.63 bits per heavy atom. The Labute approximate surface area is 120 Å². The molecule has 1 aliphatic carbocycles. The van der Waals surface area contributed by atoms with Crippen molar-refractivity contribution >= 4 is 11.8 Å². The maximum absolute atomic E-state index is 10.1. The molecule has 1 aromatic heterocycles. The molecule has 1 heterocycles. The standard InChI is InChI=1S/C15H26N2OS/c1-10(2)9-17-12(4)11(3)16-15(17)19-14-8-6-5-7-13(14)18/h10,13-14,18H,5-9H2,1-4H3. The molecule has 2 unspecified atom stereocenters. The van der Waals surface area contributed by atoms with Gasteiger partial charge >= 0.3 is 0 Å². The highest BCUT2D eigenvalue weighted by molar-refractivity contribution is 7.99. The number of imidazole rings is 1. The highest BCUT2D eigenvalue weighted by Gasteiger charge is 2.26. The first-order chi connectivity index (χ1) is 8.99. The molecule has 0 bridgehead atoms. The first kappa shape index (κ1) is 14.9. The monoisotopic (exact) mass is 282 g/mol. The molecular formula is C15H26N2OS. The van der Waals surface area contributed by atoms with Gasteiger partial charge in [-0.25, -0.2) is 4.98 Å². The van der Waals surface area contributed by atoms with Gasteiger partial charge in [-0.05, 0) is 32.6 Å². The molecule has 0 amide bonds. The second-order valence-corrected chi connectivity index (χ2v) is 7.28. The molecule has 0 radical (unpaired) electrons. The molecule has 3 nitrogen and oxygen atoms in total. The van der Waals surface area contributed by atoms with E-state index in [0.717, 1.165) is 36.7 Å². The lowest BCUT2D eigenvalue weighted by atomic mass is 9.97. The smallest absolute Gasteiger partial charge is 0.168 e. The maximum Gasteiger partial charge on any atom is 0.168 e. The summed E-state index contributed by atoms with van der Waals surface area (Å²) < 4.78 is 2.33. The molecule has 1 N–H and O–H groups in total. The van der Waals surface area contributed by atoms with E-state index in [-0.39, 0.29) is 6.10 Å². The molecule has 2 atom stereocenters. The van der Waals surface area contributed by atoms with Crippen LogP contribution < -0.4 is 0 Å². The number of hydrogen-bond donors (Lipinski definition) is 1. The lowest BCUT2D eigenvalue weighted by molar-refractivity contribution is 0.136. The van der Waals surface area contributed by atoms with E-state index in [9.17, 15) is 5.11 Å². The van der Waals surface area contributed by atoms with Crippen LogP contribution in [0.2, 0.25) is 0 Å². The van der Waals surface area contributed by atoms with Gasteiger partial charge in [-0.2, -0.15) is 0 Å². The second kappa shape index (κ2) is 6.31.